The van der Waals surface area contributed by atoms with Crippen LogP contribution in [0, 0.1) is 6.92 Å². The molecule has 0 radical (unpaired) electrons. The average Bonchev–Trinajstić information content (AvgIpc) is 2.88. The van der Waals surface area contributed by atoms with Crippen LogP contribution in [-0.2, 0) is 4.79 Å². The van der Waals surface area contributed by atoms with E-state index in [1.54, 1.807) is 0 Å². The molecule has 1 saturated carbocycles. The molecule has 2 aliphatic rings. The van der Waals surface area contributed by atoms with E-state index < -0.39 is 0 Å². The molecule has 2 N–H and O–H groups in total. The average molecular weight is 308 g/mol. The predicted molar refractivity (Wildman–Crippen MR) is 85.7 cm³/mol. The van der Waals surface area contributed by atoms with E-state index in [0.717, 1.165) is 25.3 Å². The van der Waals surface area contributed by atoms with Crippen molar-refractivity contribution in [2.75, 3.05) is 31.5 Å². The molecule has 0 atom stereocenters. The maximum absolute atomic E-state index is 12.3. The van der Waals surface area contributed by atoms with Gasteiger partial charge in [-0.05, 0) is 19.8 Å². The topological polar surface area (TPSA) is 57.3 Å². The van der Waals surface area contributed by atoms with E-state index in [2.05, 4.69) is 20.5 Å². The van der Waals surface area contributed by atoms with E-state index in [9.17, 15) is 4.79 Å². The summed E-state index contributed by atoms with van der Waals surface area (Å²) >= 11 is 1.49. The summed E-state index contributed by atoms with van der Waals surface area (Å²) in [4.78, 5) is 19.0. The van der Waals surface area contributed by atoms with Crippen molar-refractivity contribution in [2.24, 2.45) is 0 Å². The number of hydrogen-bond acceptors (Lipinski definition) is 5. The Hall–Kier alpha value is -0.980. The van der Waals surface area contributed by atoms with Crippen molar-refractivity contribution < 1.29 is 4.79 Å². The third-order valence-electron chi connectivity index (χ3n) is 4.67. The van der Waals surface area contributed by atoms with Gasteiger partial charge in [-0.25, -0.2) is 4.98 Å². The van der Waals surface area contributed by atoms with Crippen LogP contribution in [0.15, 0.2) is 5.38 Å². The number of nitrogens with one attached hydrogen (secondary N) is 2. The van der Waals surface area contributed by atoms with Gasteiger partial charge in [-0.15, -0.1) is 11.3 Å². The lowest BCUT2D eigenvalue weighted by Crippen LogP contribution is -2.63. The fraction of sp³-hybridized carbons (Fsp3) is 0.733. The van der Waals surface area contributed by atoms with Gasteiger partial charge < -0.3 is 10.6 Å². The van der Waals surface area contributed by atoms with Crippen LogP contribution in [0.1, 0.15) is 37.8 Å². The molecule has 5 nitrogen and oxygen atoms in total. The van der Waals surface area contributed by atoms with Crippen molar-refractivity contribution in [3.63, 3.8) is 0 Å². The van der Waals surface area contributed by atoms with Crippen molar-refractivity contribution in [1.29, 1.82) is 0 Å². The van der Waals surface area contributed by atoms with Crippen LogP contribution in [0.5, 0.6) is 0 Å². The molecule has 1 saturated heterocycles. The summed E-state index contributed by atoms with van der Waals surface area (Å²) in [6.07, 6.45) is 6.32. The van der Waals surface area contributed by atoms with Crippen LogP contribution in [0.25, 0.3) is 0 Å². The molecule has 3 rings (SSSR count). The minimum Gasteiger partial charge on any atom is -0.314 e. The molecule has 116 valence electrons. The van der Waals surface area contributed by atoms with Crippen molar-refractivity contribution in [3.8, 4) is 0 Å². The molecule has 1 aliphatic carbocycles. The Bertz CT molecular complexity index is 487. The SMILES string of the molecule is Cc1csc(NC(=O)CN2CCNCC23CCCCC3)n1. The van der Waals surface area contributed by atoms with Gasteiger partial charge in [0.1, 0.15) is 0 Å². The largest absolute Gasteiger partial charge is 0.314 e. The molecule has 0 bridgehead atoms. The number of aryl methyl sites for hydroxylation is 1. The molecule has 0 unspecified atom stereocenters. The summed E-state index contributed by atoms with van der Waals surface area (Å²) in [6.45, 7) is 5.39. The van der Waals surface area contributed by atoms with Crippen molar-refractivity contribution >= 4 is 22.4 Å². The number of amides is 1. The summed E-state index contributed by atoms with van der Waals surface area (Å²) in [5.74, 6) is 0.0659. The summed E-state index contributed by atoms with van der Waals surface area (Å²) in [6, 6.07) is 0. The van der Waals surface area contributed by atoms with Gasteiger partial charge in [0.2, 0.25) is 5.91 Å². The van der Waals surface area contributed by atoms with E-state index in [4.69, 9.17) is 0 Å². The van der Waals surface area contributed by atoms with E-state index in [-0.39, 0.29) is 11.4 Å². The van der Waals surface area contributed by atoms with Gasteiger partial charge in [0.05, 0.1) is 12.2 Å². The minimum absolute atomic E-state index is 0.0659. The molecular formula is C15H24N4OS. The molecule has 1 aromatic heterocycles. The second-order valence-electron chi connectivity index (χ2n) is 6.23. The smallest absolute Gasteiger partial charge is 0.240 e. The van der Waals surface area contributed by atoms with Gasteiger partial charge in [-0.1, -0.05) is 19.3 Å². The quantitative estimate of drug-likeness (QED) is 0.897. The Labute approximate surface area is 130 Å². The molecule has 21 heavy (non-hydrogen) atoms. The first-order valence-corrected chi connectivity index (χ1v) is 8.74. The second kappa shape index (κ2) is 6.42. The van der Waals surface area contributed by atoms with Gasteiger partial charge >= 0.3 is 0 Å². The Morgan fingerprint density at radius 3 is 3.00 bits per heavy atom. The van der Waals surface area contributed by atoms with Gasteiger partial charge in [-0.3, -0.25) is 9.69 Å². The van der Waals surface area contributed by atoms with Crippen LogP contribution < -0.4 is 10.6 Å². The van der Waals surface area contributed by atoms with Crippen LogP contribution in [0.3, 0.4) is 0 Å². The predicted octanol–water partition coefficient (Wildman–Crippen LogP) is 2.00. The van der Waals surface area contributed by atoms with Crippen LogP contribution in [-0.4, -0.2) is 47.5 Å². The molecule has 0 aromatic carbocycles. The lowest BCUT2D eigenvalue weighted by atomic mass is 9.79. The third kappa shape index (κ3) is 3.44. The molecule has 2 fully saturated rings. The minimum atomic E-state index is 0.0659. The van der Waals surface area contributed by atoms with Crippen molar-refractivity contribution in [1.82, 2.24) is 15.2 Å². The molecule has 6 heteroatoms. The van der Waals surface area contributed by atoms with Crippen LogP contribution >= 0.6 is 11.3 Å². The molecule has 2 heterocycles. The first-order valence-electron chi connectivity index (χ1n) is 7.86. The standard InChI is InChI=1S/C15H24N4OS/c1-12-10-21-14(17-12)18-13(20)9-19-8-7-16-11-15(19)5-3-2-4-6-15/h10,16H,2-9,11H2,1H3,(H,17,18,20). The first-order chi connectivity index (χ1) is 10.2. The normalized spacial score (nSPS) is 22.3. The lowest BCUT2D eigenvalue weighted by Gasteiger charge is -2.49. The van der Waals surface area contributed by atoms with Gasteiger partial charge in [0.25, 0.3) is 0 Å². The molecule has 1 aromatic rings. The monoisotopic (exact) mass is 308 g/mol. The highest BCUT2D eigenvalue weighted by Crippen LogP contribution is 2.34. The number of thiazole rings is 1. The number of aromatic nitrogens is 1. The molecule has 1 aliphatic heterocycles. The number of anilines is 1. The van der Waals surface area contributed by atoms with E-state index in [1.165, 1.54) is 43.4 Å². The highest BCUT2D eigenvalue weighted by atomic mass is 32.1. The van der Waals surface area contributed by atoms with Gasteiger partial charge in [0.15, 0.2) is 5.13 Å². The maximum atomic E-state index is 12.3. The fourth-order valence-electron chi connectivity index (χ4n) is 3.58. The Kier molecular flexibility index (Phi) is 4.57. The maximum Gasteiger partial charge on any atom is 0.240 e. The number of rotatable bonds is 3. The summed E-state index contributed by atoms with van der Waals surface area (Å²) in [5.41, 5.74) is 1.16. The Morgan fingerprint density at radius 2 is 2.29 bits per heavy atom. The molecule has 1 amide bonds. The van der Waals surface area contributed by atoms with Crippen LogP contribution in [0.4, 0.5) is 5.13 Å². The number of piperazine rings is 1. The first kappa shape index (κ1) is 14.9. The number of carbonyl (C=O) groups excluding carboxylic acids is 1. The summed E-state index contributed by atoms with van der Waals surface area (Å²) in [7, 11) is 0. The van der Waals surface area contributed by atoms with E-state index in [0.29, 0.717) is 11.7 Å². The highest BCUT2D eigenvalue weighted by molar-refractivity contribution is 7.13. The third-order valence-corrected chi connectivity index (χ3v) is 5.54. The summed E-state index contributed by atoms with van der Waals surface area (Å²) < 4.78 is 0. The van der Waals surface area contributed by atoms with E-state index >= 15 is 0 Å². The highest BCUT2D eigenvalue weighted by Gasteiger charge is 2.40. The number of carbonyl (C=O) groups is 1. The Morgan fingerprint density at radius 1 is 1.48 bits per heavy atom. The number of hydrogen-bond donors (Lipinski definition) is 2. The summed E-state index contributed by atoms with van der Waals surface area (Å²) in [5, 5.41) is 9.13. The zero-order valence-electron chi connectivity index (χ0n) is 12.7. The zero-order chi connectivity index (χ0) is 14.7. The lowest BCUT2D eigenvalue weighted by molar-refractivity contribution is -0.120. The van der Waals surface area contributed by atoms with Crippen molar-refractivity contribution in [3.05, 3.63) is 11.1 Å². The number of nitrogens with zero attached hydrogens (tertiary/aromatic N) is 2. The van der Waals surface area contributed by atoms with Gasteiger partial charge in [-0.2, -0.15) is 0 Å². The Balaban J connectivity index is 1.62. The van der Waals surface area contributed by atoms with Crippen molar-refractivity contribution in [2.45, 2.75) is 44.6 Å². The zero-order valence-corrected chi connectivity index (χ0v) is 13.5. The van der Waals surface area contributed by atoms with Crippen LogP contribution in [0.2, 0.25) is 0 Å². The fourth-order valence-corrected chi connectivity index (χ4v) is 4.28. The van der Waals surface area contributed by atoms with Gasteiger partial charge in [0, 0.05) is 30.6 Å². The molecule has 1 spiro atoms. The second-order valence-corrected chi connectivity index (χ2v) is 7.08. The molecular weight excluding hydrogens is 284 g/mol. The van der Waals surface area contributed by atoms with E-state index in [1.807, 2.05) is 12.3 Å².